The Hall–Kier alpha value is -2.36. The van der Waals surface area contributed by atoms with E-state index in [1.807, 2.05) is 26.0 Å². The van der Waals surface area contributed by atoms with E-state index < -0.39 is 0 Å². The highest BCUT2D eigenvalue weighted by Gasteiger charge is 2.34. The molecule has 0 saturated carbocycles. The summed E-state index contributed by atoms with van der Waals surface area (Å²) in [4.78, 5) is 19.1. The monoisotopic (exact) mass is 309 g/mol. The third-order valence-corrected chi connectivity index (χ3v) is 4.65. The molecule has 1 aliphatic rings. The fraction of sp³-hybridized carbons (Fsp3) is 0.368. The van der Waals surface area contributed by atoms with E-state index >= 15 is 0 Å². The van der Waals surface area contributed by atoms with Gasteiger partial charge in [-0.05, 0) is 49.6 Å². The van der Waals surface area contributed by atoms with Crippen molar-refractivity contribution in [1.82, 2.24) is 10.3 Å². The van der Waals surface area contributed by atoms with Crippen molar-refractivity contribution in [3.63, 3.8) is 0 Å². The highest BCUT2D eigenvalue weighted by molar-refractivity contribution is 5.88. The highest BCUT2D eigenvalue weighted by Crippen LogP contribution is 2.34. The number of aryl methyl sites for hydroxylation is 3. The van der Waals surface area contributed by atoms with Gasteiger partial charge in [-0.25, -0.2) is 0 Å². The fourth-order valence-corrected chi connectivity index (χ4v) is 3.51. The smallest absolute Gasteiger partial charge is 0.242 e. The fourth-order valence-electron chi connectivity index (χ4n) is 3.51. The number of hydrogen-bond acceptors (Lipinski definition) is 3. The summed E-state index contributed by atoms with van der Waals surface area (Å²) in [5.41, 5.74) is 6.91. The van der Waals surface area contributed by atoms with Gasteiger partial charge >= 0.3 is 0 Å². The molecule has 0 bridgehead atoms. The van der Waals surface area contributed by atoms with Crippen LogP contribution < -0.4 is 10.2 Å². The molecule has 1 atom stereocenters. The van der Waals surface area contributed by atoms with Crippen molar-refractivity contribution in [2.24, 2.45) is 0 Å². The van der Waals surface area contributed by atoms with E-state index in [1.54, 1.807) is 7.05 Å². The molecule has 0 spiro atoms. The van der Waals surface area contributed by atoms with Crippen LogP contribution in [0.25, 0.3) is 0 Å². The van der Waals surface area contributed by atoms with Gasteiger partial charge in [-0.2, -0.15) is 0 Å². The lowest BCUT2D eigenvalue weighted by Gasteiger charge is -2.28. The minimum atomic E-state index is -0.155. The molecular formula is C19H23N3O. The zero-order valence-electron chi connectivity index (χ0n) is 14.2. The first-order chi connectivity index (χ1) is 11.0. The molecule has 1 N–H and O–H groups in total. The third-order valence-electron chi connectivity index (χ3n) is 4.65. The molecule has 4 nitrogen and oxygen atoms in total. The molecule has 1 aromatic carbocycles. The maximum absolute atomic E-state index is 12.3. The summed E-state index contributed by atoms with van der Waals surface area (Å²) in [6.45, 7) is 6.89. The Morgan fingerprint density at radius 3 is 2.74 bits per heavy atom. The third kappa shape index (κ3) is 2.81. The minimum Gasteiger partial charge on any atom is -0.357 e. The van der Waals surface area contributed by atoms with Gasteiger partial charge in [0.15, 0.2) is 0 Å². The maximum atomic E-state index is 12.3. The van der Waals surface area contributed by atoms with Crippen molar-refractivity contribution in [3.05, 3.63) is 58.4 Å². The molecule has 2 heterocycles. The van der Waals surface area contributed by atoms with E-state index in [2.05, 4.69) is 40.3 Å². The number of likely N-dealkylation sites (N-methyl/N-ethyl adjacent to an activating group) is 1. The van der Waals surface area contributed by atoms with E-state index in [0.29, 0.717) is 6.54 Å². The van der Waals surface area contributed by atoms with Crippen LogP contribution in [0.3, 0.4) is 0 Å². The molecule has 120 valence electrons. The van der Waals surface area contributed by atoms with Crippen molar-refractivity contribution in [3.8, 4) is 0 Å². The van der Waals surface area contributed by atoms with Crippen LogP contribution in [0.2, 0.25) is 0 Å². The van der Waals surface area contributed by atoms with Crippen LogP contribution in [0, 0.1) is 20.8 Å². The van der Waals surface area contributed by atoms with Gasteiger partial charge in [0.2, 0.25) is 5.91 Å². The first-order valence-electron chi connectivity index (χ1n) is 8.01. The molecule has 0 fully saturated rings. The van der Waals surface area contributed by atoms with Crippen LogP contribution >= 0.6 is 0 Å². The highest BCUT2D eigenvalue weighted by atomic mass is 16.2. The average molecular weight is 309 g/mol. The first-order valence-corrected chi connectivity index (χ1v) is 8.01. The Morgan fingerprint density at radius 1 is 1.30 bits per heavy atom. The summed E-state index contributed by atoms with van der Waals surface area (Å²) in [5.74, 6) is 0.0663. The second kappa shape index (κ2) is 6.03. The van der Waals surface area contributed by atoms with Crippen LogP contribution in [0.15, 0.2) is 30.3 Å². The van der Waals surface area contributed by atoms with E-state index in [4.69, 9.17) is 0 Å². The molecule has 3 rings (SSSR count). The van der Waals surface area contributed by atoms with Gasteiger partial charge in [-0.15, -0.1) is 0 Å². The number of para-hydroxylation sites is 1. The zero-order valence-corrected chi connectivity index (χ0v) is 14.2. The quantitative estimate of drug-likeness (QED) is 0.948. The Kier molecular flexibility index (Phi) is 4.07. The van der Waals surface area contributed by atoms with Gasteiger partial charge < -0.3 is 10.2 Å². The summed E-state index contributed by atoms with van der Waals surface area (Å²) in [5, 5.41) is 2.80. The molecule has 0 radical (unpaired) electrons. The molecule has 1 unspecified atom stereocenters. The second-order valence-electron chi connectivity index (χ2n) is 6.24. The lowest BCUT2D eigenvalue weighted by atomic mass is 10.1. The molecule has 2 aromatic rings. The van der Waals surface area contributed by atoms with Gasteiger partial charge in [0.1, 0.15) is 6.04 Å². The molecule has 0 aliphatic carbocycles. The van der Waals surface area contributed by atoms with Crippen LogP contribution in [0.5, 0.6) is 0 Å². The lowest BCUT2D eigenvalue weighted by molar-refractivity contribution is -0.121. The number of nitrogens with one attached hydrogen (secondary N) is 1. The maximum Gasteiger partial charge on any atom is 0.242 e. The number of aromatic nitrogens is 1. The standard InChI is InChI=1S/C19H23N3O/c1-12-9-13(2)21-14(3)16(12)11-22-17-8-6-5-7-15(17)10-18(22)19(23)20-4/h5-9,18H,10-11H2,1-4H3,(H,20,23). The lowest BCUT2D eigenvalue weighted by Crippen LogP contribution is -2.44. The predicted octanol–water partition coefficient (Wildman–Crippen LogP) is 2.68. The van der Waals surface area contributed by atoms with E-state index in [-0.39, 0.29) is 11.9 Å². The average Bonchev–Trinajstić information content (AvgIpc) is 2.88. The van der Waals surface area contributed by atoms with Crippen LogP contribution in [0.4, 0.5) is 5.69 Å². The second-order valence-corrected chi connectivity index (χ2v) is 6.24. The largest absolute Gasteiger partial charge is 0.357 e. The SMILES string of the molecule is CNC(=O)C1Cc2ccccc2N1Cc1c(C)cc(C)nc1C. The van der Waals surface area contributed by atoms with Gasteiger partial charge in [0, 0.05) is 37.1 Å². The number of nitrogens with zero attached hydrogens (tertiary/aromatic N) is 2. The predicted molar refractivity (Wildman–Crippen MR) is 92.6 cm³/mol. The molecule has 1 aromatic heterocycles. The van der Waals surface area contributed by atoms with Gasteiger partial charge in [-0.3, -0.25) is 9.78 Å². The summed E-state index contributed by atoms with van der Waals surface area (Å²) >= 11 is 0. The number of hydrogen-bond donors (Lipinski definition) is 1. The summed E-state index contributed by atoms with van der Waals surface area (Å²) in [6.07, 6.45) is 0.757. The first kappa shape index (κ1) is 15.5. The molecule has 0 saturated heterocycles. The van der Waals surface area contributed by atoms with Crippen molar-refractivity contribution in [2.45, 2.75) is 39.8 Å². The Bertz CT molecular complexity index is 731. The van der Waals surface area contributed by atoms with E-state index in [1.165, 1.54) is 16.7 Å². The van der Waals surface area contributed by atoms with Crippen molar-refractivity contribution in [1.29, 1.82) is 0 Å². The number of benzene rings is 1. The van der Waals surface area contributed by atoms with Crippen LogP contribution in [0.1, 0.15) is 28.1 Å². The molecule has 23 heavy (non-hydrogen) atoms. The van der Waals surface area contributed by atoms with E-state index in [0.717, 1.165) is 23.5 Å². The molecule has 4 heteroatoms. The number of pyridine rings is 1. The minimum absolute atomic E-state index is 0.0663. The number of carbonyl (C=O) groups excluding carboxylic acids is 1. The molecule has 1 amide bonds. The number of carbonyl (C=O) groups is 1. The van der Waals surface area contributed by atoms with Crippen LogP contribution in [-0.2, 0) is 17.8 Å². The van der Waals surface area contributed by atoms with Crippen molar-refractivity contribution >= 4 is 11.6 Å². The Labute approximate surface area is 137 Å². The number of fused-ring (bicyclic) bond motifs is 1. The Balaban J connectivity index is 2.00. The van der Waals surface area contributed by atoms with Gasteiger partial charge in [-0.1, -0.05) is 18.2 Å². The zero-order chi connectivity index (χ0) is 16.6. The topological polar surface area (TPSA) is 45.2 Å². The summed E-state index contributed by atoms with van der Waals surface area (Å²) in [7, 11) is 1.70. The summed E-state index contributed by atoms with van der Waals surface area (Å²) < 4.78 is 0. The number of rotatable bonds is 3. The van der Waals surface area contributed by atoms with E-state index in [9.17, 15) is 4.79 Å². The van der Waals surface area contributed by atoms with Crippen molar-refractivity contribution in [2.75, 3.05) is 11.9 Å². The van der Waals surface area contributed by atoms with Gasteiger partial charge in [0.25, 0.3) is 0 Å². The van der Waals surface area contributed by atoms with Crippen molar-refractivity contribution < 1.29 is 4.79 Å². The van der Waals surface area contributed by atoms with Gasteiger partial charge in [0.05, 0.1) is 0 Å². The van der Waals surface area contributed by atoms with Crippen LogP contribution in [-0.4, -0.2) is 24.0 Å². The summed E-state index contributed by atoms with van der Waals surface area (Å²) in [6, 6.07) is 10.2. The Morgan fingerprint density at radius 2 is 2.04 bits per heavy atom. The molecular weight excluding hydrogens is 286 g/mol. The number of amides is 1. The normalized spacial score (nSPS) is 16.3. The number of anilines is 1. The molecule has 1 aliphatic heterocycles.